The molecule has 0 bridgehead atoms. The predicted octanol–water partition coefficient (Wildman–Crippen LogP) is 2.55. The summed E-state index contributed by atoms with van der Waals surface area (Å²) in [6, 6.07) is 4.15. The van der Waals surface area contributed by atoms with Crippen LogP contribution in [0.25, 0.3) is 0 Å². The first-order chi connectivity index (χ1) is 10.7. The lowest BCUT2D eigenvalue weighted by Crippen LogP contribution is -2.45. The molecule has 0 atom stereocenters. The van der Waals surface area contributed by atoms with Crippen molar-refractivity contribution in [3.8, 4) is 0 Å². The Hall–Kier alpha value is -1.56. The van der Waals surface area contributed by atoms with Crippen molar-refractivity contribution < 1.29 is 9.59 Å². The number of carbonyl (C=O) groups is 2. The summed E-state index contributed by atoms with van der Waals surface area (Å²) in [7, 11) is 0. The fourth-order valence-electron chi connectivity index (χ4n) is 3.22. The predicted molar refractivity (Wildman–Crippen MR) is 87.2 cm³/mol. The van der Waals surface area contributed by atoms with Crippen molar-refractivity contribution in [2.45, 2.75) is 38.1 Å². The fourth-order valence-corrected chi connectivity index (χ4v) is 3.91. The van der Waals surface area contributed by atoms with Crippen LogP contribution in [-0.2, 0) is 0 Å². The normalized spacial score (nSPS) is 20.0. The molecule has 0 unspecified atom stereocenters. The lowest BCUT2D eigenvalue weighted by molar-refractivity contribution is 0.0767. The molecule has 22 heavy (non-hydrogen) atoms. The van der Waals surface area contributed by atoms with Gasteiger partial charge in [0.15, 0.2) is 0 Å². The van der Waals surface area contributed by atoms with Gasteiger partial charge >= 0.3 is 6.03 Å². The number of thiophene rings is 1. The second-order valence-electron chi connectivity index (χ2n) is 6.04. The molecule has 0 radical (unpaired) electrons. The minimum Gasteiger partial charge on any atom is -0.336 e. The molecule has 1 aliphatic heterocycles. The van der Waals surface area contributed by atoms with Crippen LogP contribution in [0.4, 0.5) is 4.79 Å². The Labute approximate surface area is 135 Å². The van der Waals surface area contributed by atoms with E-state index in [0.29, 0.717) is 19.1 Å². The zero-order chi connectivity index (χ0) is 15.4. The van der Waals surface area contributed by atoms with E-state index in [4.69, 9.17) is 0 Å². The summed E-state index contributed by atoms with van der Waals surface area (Å²) in [6.07, 6.45) is 5.47. The first kappa shape index (κ1) is 15.3. The highest BCUT2D eigenvalue weighted by Crippen LogP contribution is 2.18. The quantitative estimate of drug-likeness (QED) is 0.910. The van der Waals surface area contributed by atoms with E-state index in [2.05, 4.69) is 5.32 Å². The maximum atomic E-state index is 12.4. The number of nitrogens with one attached hydrogen (secondary N) is 1. The van der Waals surface area contributed by atoms with Crippen LogP contribution in [0, 0.1) is 0 Å². The van der Waals surface area contributed by atoms with Gasteiger partial charge in [-0.05, 0) is 30.7 Å². The molecule has 1 aromatic rings. The summed E-state index contributed by atoms with van der Waals surface area (Å²) in [5.74, 6) is 0.0908. The molecule has 1 N–H and O–H groups in total. The number of nitrogens with zero attached hydrogens (tertiary/aromatic N) is 2. The average Bonchev–Trinajstić information content (AvgIpc) is 3.16. The number of rotatable bonds is 2. The van der Waals surface area contributed by atoms with E-state index in [1.54, 1.807) is 0 Å². The third-order valence-electron chi connectivity index (χ3n) is 4.49. The van der Waals surface area contributed by atoms with Crippen LogP contribution >= 0.6 is 11.3 Å². The SMILES string of the molecule is O=C(NC1CCCC1)N1CCCN(C(=O)c2cccs2)CC1. The van der Waals surface area contributed by atoms with Crippen LogP contribution in [-0.4, -0.2) is 54.0 Å². The summed E-state index contributed by atoms with van der Waals surface area (Å²) in [5, 5.41) is 5.06. The van der Waals surface area contributed by atoms with Gasteiger partial charge in [0.2, 0.25) is 0 Å². The Morgan fingerprint density at radius 3 is 2.50 bits per heavy atom. The first-order valence-electron chi connectivity index (χ1n) is 8.12. The van der Waals surface area contributed by atoms with Crippen molar-refractivity contribution >= 4 is 23.3 Å². The third-order valence-corrected chi connectivity index (χ3v) is 5.34. The van der Waals surface area contributed by atoms with E-state index in [0.717, 1.165) is 37.2 Å². The van der Waals surface area contributed by atoms with Gasteiger partial charge in [0, 0.05) is 32.2 Å². The molecule has 1 aliphatic carbocycles. The fraction of sp³-hybridized carbons (Fsp3) is 0.625. The number of urea groups is 1. The van der Waals surface area contributed by atoms with Gasteiger partial charge in [-0.2, -0.15) is 0 Å². The Kier molecular flexibility index (Phi) is 4.97. The summed E-state index contributed by atoms with van der Waals surface area (Å²) in [5.41, 5.74) is 0. The van der Waals surface area contributed by atoms with E-state index >= 15 is 0 Å². The van der Waals surface area contributed by atoms with E-state index < -0.39 is 0 Å². The van der Waals surface area contributed by atoms with Crippen LogP contribution < -0.4 is 5.32 Å². The molecule has 0 aromatic carbocycles. The van der Waals surface area contributed by atoms with Gasteiger partial charge < -0.3 is 15.1 Å². The number of hydrogen-bond donors (Lipinski definition) is 1. The zero-order valence-corrected chi connectivity index (χ0v) is 13.6. The van der Waals surface area contributed by atoms with Crippen molar-refractivity contribution in [3.63, 3.8) is 0 Å². The molecular formula is C16H23N3O2S. The molecule has 3 rings (SSSR count). The summed E-state index contributed by atoms with van der Waals surface area (Å²) >= 11 is 1.48. The Balaban J connectivity index is 1.53. The lowest BCUT2D eigenvalue weighted by atomic mass is 10.2. The van der Waals surface area contributed by atoms with Gasteiger partial charge in [-0.15, -0.1) is 11.3 Å². The Morgan fingerprint density at radius 2 is 1.77 bits per heavy atom. The third kappa shape index (κ3) is 3.61. The number of amides is 3. The highest BCUT2D eigenvalue weighted by molar-refractivity contribution is 7.12. The Morgan fingerprint density at radius 1 is 1.05 bits per heavy atom. The zero-order valence-electron chi connectivity index (χ0n) is 12.8. The van der Waals surface area contributed by atoms with Crippen LogP contribution in [0.5, 0.6) is 0 Å². The van der Waals surface area contributed by atoms with Gasteiger partial charge in [0.05, 0.1) is 4.88 Å². The molecule has 0 spiro atoms. The molecule has 5 nitrogen and oxygen atoms in total. The molecule has 2 aliphatic rings. The van der Waals surface area contributed by atoms with Crippen LogP contribution in [0.3, 0.4) is 0 Å². The van der Waals surface area contributed by atoms with Gasteiger partial charge in [0.1, 0.15) is 0 Å². The van der Waals surface area contributed by atoms with E-state index in [9.17, 15) is 9.59 Å². The van der Waals surface area contributed by atoms with Gasteiger partial charge in [-0.3, -0.25) is 4.79 Å². The molecule has 6 heteroatoms. The summed E-state index contributed by atoms with van der Waals surface area (Å²) in [4.78, 5) is 29.2. The highest BCUT2D eigenvalue weighted by Gasteiger charge is 2.25. The minimum atomic E-state index is 0.0392. The van der Waals surface area contributed by atoms with Crippen LogP contribution in [0.15, 0.2) is 17.5 Å². The molecular weight excluding hydrogens is 298 g/mol. The van der Waals surface area contributed by atoms with Crippen molar-refractivity contribution in [1.29, 1.82) is 0 Å². The van der Waals surface area contributed by atoms with Gasteiger partial charge in [-0.1, -0.05) is 18.9 Å². The second-order valence-corrected chi connectivity index (χ2v) is 6.99. The molecule has 2 fully saturated rings. The first-order valence-corrected chi connectivity index (χ1v) is 9.00. The number of carbonyl (C=O) groups excluding carboxylic acids is 2. The molecule has 1 saturated carbocycles. The second kappa shape index (κ2) is 7.13. The molecule has 1 aromatic heterocycles. The maximum Gasteiger partial charge on any atom is 0.317 e. The average molecular weight is 321 g/mol. The van der Waals surface area contributed by atoms with E-state index in [1.807, 2.05) is 27.3 Å². The smallest absolute Gasteiger partial charge is 0.317 e. The molecule has 120 valence electrons. The summed E-state index contributed by atoms with van der Waals surface area (Å²) < 4.78 is 0. The Bertz CT molecular complexity index is 511. The van der Waals surface area contributed by atoms with Crippen molar-refractivity contribution in [2.75, 3.05) is 26.2 Å². The topological polar surface area (TPSA) is 52.7 Å². The summed E-state index contributed by atoms with van der Waals surface area (Å²) in [6.45, 7) is 2.70. The molecule has 1 saturated heterocycles. The molecule has 2 heterocycles. The monoisotopic (exact) mass is 321 g/mol. The van der Waals surface area contributed by atoms with Crippen LogP contribution in [0.2, 0.25) is 0 Å². The number of hydrogen-bond acceptors (Lipinski definition) is 3. The van der Waals surface area contributed by atoms with Gasteiger partial charge in [0.25, 0.3) is 5.91 Å². The van der Waals surface area contributed by atoms with E-state index in [-0.39, 0.29) is 11.9 Å². The van der Waals surface area contributed by atoms with Crippen LogP contribution in [0.1, 0.15) is 41.8 Å². The van der Waals surface area contributed by atoms with Crippen molar-refractivity contribution in [2.24, 2.45) is 0 Å². The largest absolute Gasteiger partial charge is 0.336 e. The van der Waals surface area contributed by atoms with Gasteiger partial charge in [-0.25, -0.2) is 4.79 Å². The maximum absolute atomic E-state index is 12.4. The van der Waals surface area contributed by atoms with Crippen molar-refractivity contribution in [1.82, 2.24) is 15.1 Å². The standard InChI is InChI=1S/C16H23N3O2S/c20-15(14-7-3-12-22-14)18-8-4-9-19(11-10-18)16(21)17-13-5-1-2-6-13/h3,7,12-13H,1-2,4-6,8-11H2,(H,17,21). The minimum absolute atomic E-state index is 0.0392. The highest BCUT2D eigenvalue weighted by atomic mass is 32.1. The lowest BCUT2D eigenvalue weighted by Gasteiger charge is -2.24. The van der Waals surface area contributed by atoms with E-state index in [1.165, 1.54) is 24.2 Å². The van der Waals surface area contributed by atoms with Crippen molar-refractivity contribution in [3.05, 3.63) is 22.4 Å². The molecule has 3 amide bonds.